The lowest BCUT2D eigenvalue weighted by Gasteiger charge is -2.34. The van der Waals surface area contributed by atoms with E-state index in [4.69, 9.17) is 9.47 Å². The first-order valence-corrected chi connectivity index (χ1v) is 13.6. The molecule has 3 aliphatic heterocycles. The van der Waals surface area contributed by atoms with Crippen LogP contribution in [0.3, 0.4) is 0 Å². The smallest absolute Gasteiger partial charge is 0.254 e. The van der Waals surface area contributed by atoms with Gasteiger partial charge < -0.3 is 29.1 Å². The van der Waals surface area contributed by atoms with E-state index in [-0.39, 0.29) is 24.3 Å². The number of hydrogen-bond acceptors (Lipinski definition) is 6. The van der Waals surface area contributed by atoms with Crippen LogP contribution < -0.4 is 9.64 Å². The summed E-state index contributed by atoms with van der Waals surface area (Å²) in [4.78, 5) is 46.1. The van der Waals surface area contributed by atoms with Crippen molar-refractivity contribution in [2.75, 3.05) is 77.1 Å². The van der Waals surface area contributed by atoms with Gasteiger partial charge in [-0.05, 0) is 80.9 Å². The lowest BCUT2D eigenvalue weighted by atomic mass is 10.1. The minimum atomic E-state index is -0.207. The number of likely N-dealkylation sites (tertiary alicyclic amines) is 1. The standard InChI is InChI=1S/C29H36N4O5/c34-27-22-32(29(36)24-6-4-23(5-7-24)28(35)31-17-20-37-21-18-31)15-16-33(27)25-8-10-26(11-9-25)38-19-3-14-30-12-1-2-13-30/h4-11H,1-3,12-22H2. The summed E-state index contributed by atoms with van der Waals surface area (Å²) in [7, 11) is 0. The molecule has 9 nitrogen and oxygen atoms in total. The third kappa shape index (κ3) is 6.34. The molecule has 2 aromatic rings. The number of benzene rings is 2. The van der Waals surface area contributed by atoms with Crippen LogP contribution in [0.4, 0.5) is 5.69 Å². The minimum Gasteiger partial charge on any atom is -0.494 e. The Kier molecular flexibility index (Phi) is 8.55. The van der Waals surface area contributed by atoms with Crippen LogP contribution in [0.15, 0.2) is 48.5 Å². The monoisotopic (exact) mass is 520 g/mol. The van der Waals surface area contributed by atoms with Gasteiger partial charge >= 0.3 is 0 Å². The zero-order chi connectivity index (χ0) is 26.3. The van der Waals surface area contributed by atoms with Crippen LogP contribution >= 0.6 is 0 Å². The van der Waals surface area contributed by atoms with E-state index in [2.05, 4.69) is 4.90 Å². The quantitative estimate of drug-likeness (QED) is 0.498. The molecule has 0 unspecified atom stereocenters. The van der Waals surface area contributed by atoms with Crippen molar-refractivity contribution in [1.82, 2.24) is 14.7 Å². The van der Waals surface area contributed by atoms with E-state index < -0.39 is 0 Å². The van der Waals surface area contributed by atoms with E-state index in [1.807, 2.05) is 24.3 Å². The highest BCUT2D eigenvalue weighted by Crippen LogP contribution is 2.22. The van der Waals surface area contributed by atoms with Gasteiger partial charge in [-0.3, -0.25) is 14.4 Å². The van der Waals surface area contributed by atoms with Crippen LogP contribution in [0, 0.1) is 0 Å². The highest BCUT2D eigenvalue weighted by molar-refractivity contribution is 6.02. The maximum atomic E-state index is 13.0. The second kappa shape index (κ2) is 12.4. The SMILES string of the molecule is O=C(c1ccc(C(=O)N2CCN(c3ccc(OCCCN4CCCC4)cc3)C(=O)C2)cc1)N1CCOCC1. The number of anilines is 1. The summed E-state index contributed by atoms with van der Waals surface area (Å²) in [6.07, 6.45) is 3.60. The number of morpholine rings is 1. The maximum absolute atomic E-state index is 13.0. The molecule has 0 aliphatic carbocycles. The number of carbonyl (C=O) groups excluding carboxylic acids is 3. The van der Waals surface area contributed by atoms with Gasteiger partial charge in [-0.2, -0.15) is 0 Å². The zero-order valence-electron chi connectivity index (χ0n) is 21.8. The summed E-state index contributed by atoms with van der Waals surface area (Å²) < 4.78 is 11.2. The first-order chi connectivity index (χ1) is 18.6. The molecular formula is C29H36N4O5. The van der Waals surface area contributed by atoms with Crippen LogP contribution in [0.2, 0.25) is 0 Å². The Bertz CT molecular complexity index is 1110. The Balaban J connectivity index is 1.10. The fraction of sp³-hybridized carbons (Fsp3) is 0.483. The zero-order valence-corrected chi connectivity index (χ0v) is 21.8. The molecule has 38 heavy (non-hydrogen) atoms. The van der Waals surface area contributed by atoms with Gasteiger partial charge in [0.15, 0.2) is 0 Å². The Hall–Kier alpha value is -3.43. The van der Waals surface area contributed by atoms with Crippen LogP contribution in [-0.4, -0.2) is 105 Å². The van der Waals surface area contributed by atoms with Crippen molar-refractivity contribution in [3.05, 3.63) is 59.7 Å². The van der Waals surface area contributed by atoms with Crippen molar-refractivity contribution in [3.63, 3.8) is 0 Å². The summed E-state index contributed by atoms with van der Waals surface area (Å²) in [6, 6.07) is 14.3. The molecular weight excluding hydrogens is 484 g/mol. The fourth-order valence-electron chi connectivity index (χ4n) is 5.21. The molecule has 0 radical (unpaired) electrons. The minimum absolute atomic E-state index is 0.0159. The van der Waals surface area contributed by atoms with E-state index in [9.17, 15) is 14.4 Å². The lowest BCUT2D eigenvalue weighted by molar-refractivity contribution is -0.120. The topological polar surface area (TPSA) is 82.6 Å². The molecule has 3 amide bonds. The molecule has 9 heteroatoms. The summed E-state index contributed by atoms with van der Waals surface area (Å²) in [5, 5.41) is 0. The molecule has 3 fully saturated rings. The number of hydrogen-bond donors (Lipinski definition) is 0. The van der Waals surface area contributed by atoms with Crippen molar-refractivity contribution in [1.29, 1.82) is 0 Å². The number of piperazine rings is 1. The Morgan fingerprint density at radius 1 is 0.763 bits per heavy atom. The highest BCUT2D eigenvalue weighted by Gasteiger charge is 2.29. The van der Waals surface area contributed by atoms with E-state index >= 15 is 0 Å². The Labute approximate surface area is 223 Å². The Morgan fingerprint density at radius 3 is 2.03 bits per heavy atom. The normalized spacial score (nSPS) is 18.6. The number of ether oxygens (including phenoxy) is 2. The van der Waals surface area contributed by atoms with Gasteiger partial charge in [-0.25, -0.2) is 0 Å². The van der Waals surface area contributed by atoms with Crippen LogP contribution in [0.25, 0.3) is 0 Å². The third-order valence-electron chi connectivity index (χ3n) is 7.42. The van der Waals surface area contributed by atoms with Crippen LogP contribution in [0.5, 0.6) is 5.75 Å². The number of rotatable bonds is 8. The van der Waals surface area contributed by atoms with Gasteiger partial charge in [0.2, 0.25) is 5.91 Å². The molecule has 2 aromatic carbocycles. The molecule has 3 saturated heterocycles. The van der Waals surface area contributed by atoms with E-state index in [0.29, 0.717) is 57.1 Å². The van der Waals surface area contributed by atoms with Crippen molar-refractivity contribution >= 4 is 23.4 Å². The molecule has 202 valence electrons. The first kappa shape index (κ1) is 26.2. The van der Waals surface area contributed by atoms with E-state index in [0.717, 1.165) is 24.4 Å². The molecule has 0 aromatic heterocycles. The highest BCUT2D eigenvalue weighted by atomic mass is 16.5. The van der Waals surface area contributed by atoms with Crippen molar-refractivity contribution in [2.24, 2.45) is 0 Å². The number of nitrogens with zero attached hydrogens (tertiary/aromatic N) is 4. The predicted octanol–water partition coefficient (Wildman–Crippen LogP) is 2.51. The Morgan fingerprint density at radius 2 is 1.39 bits per heavy atom. The van der Waals surface area contributed by atoms with Crippen LogP contribution in [0.1, 0.15) is 40.0 Å². The average molecular weight is 521 g/mol. The van der Waals surface area contributed by atoms with Crippen molar-refractivity contribution in [3.8, 4) is 5.75 Å². The van der Waals surface area contributed by atoms with E-state index in [1.54, 1.807) is 39.0 Å². The molecule has 0 bridgehead atoms. The van der Waals surface area contributed by atoms with E-state index in [1.165, 1.54) is 25.9 Å². The van der Waals surface area contributed by atoms with Crippen LogP contribution in [-0.2, 0) is 9.53 Å². The molecule has 5 rings (SSSR count). The van der Waals surface area contributed by atoms with Gasteiger partial charge in [0.1, 0.15) is 12.3 Å². The summed E-state index contributed by atoms with van der Waals surface area (Å²) >= 11 is 0. The van der Waals surface area contributed by atoms with Gasteiger partial charge in [0.25, 0.3) is 11.8 Å². The first-order valence-electron chi connectivity index (χ1n) is 13.6. The average Bonchev–Trinajstić information content (AvgIpc) is 3.49. The second-order valence-corrected chi connectivity index (χ2v) is 10.00. The molecule has 3 heterocycles. The van der Waals surface area contributed by atoms with Gasteiger partial charge in [0, 0.05) is 49.5 Å². The van der Waals surface area contributed by atoms with Gasteiger partial charge in [-0.1, -0.05) is 0 Å². The molecule has 0 N–H and O–H groups in total. The third-order valence-corrected chi connectivity index (χ3v) is 7.42. The fourth-order valence-corrected chi connectivity index (χ4v) is 5.21. The molecule has 3 aliphatic rings. The van der Waals surface area contributed by atoms with Gasteiger partial charge in [-0.15, -0.1) is 0 Å². The lowest BCUT2D eigenvalue weighted by Crippen LogP contribution is -2.52. The van der Waals surface area contributed by atoms with Crippen molar-refractivity contribution < 1.29 is 23.9 Å². The summed E-state index contributed by atoms with van der Waals surface area (Å²) in [5.41, 5.74) is 1.82. The van der Waals surface area contributed by atoms with Gasteiger partial charge in [0.05, 0.1) is 19.8 Å². The maximum Gasteiger partial charge on any atom is 0.254 e. The largest absolute Gasteiger partial charge is 0.494 e. The summed E-state index contributed by atoms with van der Waals surface area (Å²) in [5.74, 6) is 0.408. The molecule has 0 atom stereocenters. The summed E-state index contributed by atoms with van der Waals surface area (Å²) in [6.45, 7) is 7.25. The number of carbonyl (C=O) groups is 3. The predicted molar refractivity (Wildman–Crippen MR) is 144 cm³/mol. The van der Waals surface area contributed by atoms with Crippen molar-refractivity contribution in [2.45, 2.75) is 19.3 Å². The molecule has 0 saturated carbocycles. The molecule has 0 spiro atoms. The second-order valence-electron chi connectivity index (χ2n) is 10.00. The number of amides is 3.